The fourth-order valence-corrected chi connectivity index (χ4v) is 3.21. The maximum atomic E-state index is 12.4. The van der Waals surface area contributed by atoms with Crippen molar-refractivity contribution in [1.29, 1.82) is 0 Å². The first-order valence-electron chi connectivity index (χ1n) is 9.60. The number of ether oxygens (including phenoxy) is 1. The first kappa shape index (κ1) is 21.8. The fraction of sp³-hybridized carbons (Fsp3) is 0.381. The van der Waals surface area contributed by atoms with Crippen molar-refractivity contribution in [2.45, 2.75) is 19.3 Å². The molecule has 2 N–H and O–H groups in total. The van der Waals surface area contributed by atoms with Crippen LogP contribution in [0.5, 0.6) is 5.75 Å². The third kappa shape index (κ3) is 6.28. The minimum absolute atomic E-state index is 0.118. The highest BCUT2D eigenvalue weighted by atomic mass is 19.4. The third-order valence-electron chi connectivity index (χ3n) is 4.79. The highest BCUT2D eigenvalue weighted by Gasteiger charge is 2.27. The number of alkyl halides is 3. The molecule has 1 fully saturated rings. The van der Waals surface area contributed by atoms with Crippen LogP contribution in [0.2, 0.25) is 0 Å². The Hall–Kier alpha value is -2.94. The number of benzene rings is 2. The summed E-state index contributed by atoms with van der Waals surface area (Å²) in [6.07, 6.45) is -4.34. The topological polar surface area (TPSA) is 65.0 Å². The zero-order chi connectivity index (χ0) is 21.6. The first-order chi connectivity index (χ1) is 14.3. The molecule has 1 aliphatic rings. The SMILES string of the molecule is O=C(NCc1ccc(COCC(F)(F)F)cc1)N1CCN(c2ccccc2O)CC1. The Morgan fingerprint density at radius 3 is 2.27 bits per heavy atom. The lowest BCUT2D eigenvalue weighted by molar-refractivity contribution is -0.176. The lowest BCUT2D eigenvalue weighted by Gasteiger charge is -2.36. The molecule has 0 unspecified atom stereocenters. The fourth-order valence-electron chi connectivity index (χ4n) is 3.21. The predicted molar refractivity (Wildman–Crippen MR) is 106 cm³/mol. The van der Waals surface area contributed by atoms with Gasteiger partial charge in [-0.15, -0.1) is 0 Å². The van der Waals surface area contributed by atoms with Crippen LogP contribution in [0.15, 0.2) is 48.5 Å². The van der Waals surface area contributed by atoms with Crippen molar-refractivity contribution in [3.05, 3.63) is 59.7 Å². The molecule has 1 saturated heterocycles. The van der Waals surface area contributed by atoms with Crippen LogP contribution in [0.1, 0.15) is 11.1 Å². The van der Waals surface area contributed by atoms with Crippen LogP contribution in [0, 0.1) is 0 Å². The maximum absolute atomic E-state index is 12.4. The van der Waals surface area contributed by atoms with Crippen molar-refractivity contribution in [3.8, 4) is 5.75 Å². The number of anilines is 1. The molecule has 0 aliphatic carbocycles. The van der Waals surface area contributed by atoms with Gasteiger partial charge in [0.2, 0.25) is 0 Å². The van der Waals surface area contributed by atoms with Crippen LogP contribution >= 0.6 is 0 Å². The molecule has 0 aromatic heterocycles. The van der Waals surface area contributed by atoms with Crippen molar-refractivity contribution in [3.63, 3.8) is 0 Å². The van der Waals surface area contributed by atoms with Crippen LogP contribution in [0.25, 0.3) is 0 Å². The Morgan fingerprint density at radius 1 is 1.00 bits per heavy atom. The van der Waals surface area contributed by atoms with E-state index in [0.717, 1.165) is 11.3 Å². The number of para-hydroxylation sites is 2. The van der Waals surface area contributed by atoms with Crippen molar-refractivity contribution in [2.75, 3.05) is 37.7 Å². The monoisotopic (exact) mass is 423 g/mol. The van der Waals surface area contributed by atoms with Gasteiger partial charge in [-0.2, -0.15) is 13.2 Å². The number of piperazine rings is 1. The summed E-state index contributed by atoms with van der Waals surface area (Å²) in [5.41, 5.74) is 2.24. The second kappa shape index (κ2) is 9.71. The van der Waals surface area contributed by atoms with Gasteiger partial charge in [-0.05, 0) is 23.3 Å². The summed E-state index contributed by atoms with van der Waals surface area (Å²) in [7, 11) is 0. The number of nitrogens with zero attached hydrogens (tertiary/aromatic N) is 2. The Balaban J connectivity index is 1.41. The molecular weight excluding hydrogens is 399 g/mol. The molecule has 2 amide bonds. The predicted octanol–water partition coefficient (Wildman–Crippen LogP) is 3.50. The van der Waals surface area contributed by atoms with Gasteiger partial charge in [0.05, 0.1) is 12.3 Å². The molecule has 3 rings (SSSR count). The molecule has 0 radical (unpaired) electrons. The number of hydrogen-bond acceptors (Lipinski definition) is 4. The van der Waals surface area contributed by atoms with Crippen molar-refractivity contribution >= 4 is 11.7 Å². The van der Waals surface area contributed by atoms with E-state index in [-0.39, 0.29) is 18.4 Å². The molecular formula is C21H24F3N3O3. The number of aromatic hydroxyl groups is 1. The number of carbonyl (C=O) groups excluding carboxylic acids is 1. The molecule has 6 nitrogen and oxygen atoms in total. The van der Waals surface area contributed by atoms with Gasteiger partial charge in [-0.3, -0.25) is 0 Å². The number of rotatable bonds is 6. The minimum atomic E-state index is -4.34. The van der Waals surface area contributed by atoms with E-state index in [0.29, 0.717) is 38.3 Å². The summed E-state index contributed by atoms with van der Waals surface area (Å²) in [5, 5.41) is 12.8. The summed E-state index contributed by atoms with van der Waals surface area (Å²) in [6, 6.07) is 13.8. The molecule has 2 aromatic carbocycles. The second-order valence-electron chi connectivity index (χ2n) is 7.05. The number of urea groups is 1. The van der Waals surface area contributed by atoms with Gasteiger partial charge < -0.3 is 25.0 Å². The lowest BCUT2D eigenvalue weighted by atomic mass is 10.1. The smallest absolute Gasteiger partial charge is 0.411 e. The van der Waals surface area contributed by atoms with Crippen molar-refractivity contribution in [2.24, 2.45) is 0 Å². The second-order valence-corrected chi connectivity index (χ2v) is 7.05. The van der Waals surface area contributed by atoms with Crippen molar-refractivity contribution < 1.29 is 27.8 Å². The molecule has 162 valence electrons. The Morgan fingerprint density at radius 2 is 1.63 bits per heavy atom. The summed E-state index contributed by atoms with van der Waals surface area (Å²) < 4.78 is 40.9. The van der Waals surface area contributed by atoms with E-state index in [4.69, 9.17) is 0 Å². The number of carbonyl (C=O) groups is 1. The summed E-state index contributed by atoms with van der Waals surface area (Å²) >= 11 is 0. The van der Waals surface area contributed by atoms with Gasteiger partial charge >= 0.3 is 12.2 Å². The molecule has 30 heavy (non-hydrogen) atoms. The largest absolute Gasteiger partial charge is 0.506 e. The zero-order valence-electron chi connectivity index (χ0n) is 16.4. The number of hydrogen-bond donors (Lipinski definition) is 2. The highest BCUT2D eigenvalue weighted by molar-refractivity contribution is 5.74. The highest BCUT2D eigenvalue weighted by Crippen LogP contribution is 2.27. The molecule has 2 aromatic rings. The Labute approximate surface area is 172 Å². The summed E-state index contributed by atoms with van der Waals surface area (Å²) in [5.74, 6) is 0.225. The van der Waals surface area contributed by atoms with Crippen LogP contribution in [-0.2, 0) is 17.9 Å². The average molecular weight is 423 g/mol. The van der Waals surface area contributed by atoms with Gasteiger partial charge in [0, 0.05) is 32.7 Å². The maximum Gasteiger partial charge on any atom is 0.411 e. The molecule has 9 heteroatoms. The number of phenols is 1. The number of amides is 2. The molecule has 0 spiro atoms. The van der Waals surface area contributed by atoms with Crippen LogP contribution in [0.4, 0.5) is 23.7 Å². The van der Waals surface area contributed by atoms with E-state index in [9.17, 15) is 23.1 Å². The van der Waals surface area contributed by atoms with Gasteiger partial charge in [-0.25, -0.2) is 4.79 Å². The zero-order valence-corrected chi connectivity index (χ0v) is 16.4. The Kier molecular flexibility index (Phi) is 7.04. The van der Waals surface area contributed by atoms with Gasteiger partial charge in [-0.1, -0.05) is 36.4 Å². The molecule has 1 aliphatic heterocycles. The van der Waals surface area contributed by atoms with Crippen LogP contribution in [0.3, 0.4) is 0 Å². The average Bonchev–Trinajstić information content (AvgIpc) is 2.72. The van der Waals surface area contributed by atoms with E-state index >= 15 is 0 Å². The Bertz CT molecular complexity index is 835. The normalized spacial score (nSPS) is 14.6. The number of phenolic OH excluding ortho intramolecular Hbond substituents is 1. The third-order valence-corrected chi connectivity index (χ3v) is 4.79. The summed E-state index contributed by atoms with van der Waals surface area (Å²) in [6.45, 7) is 1.25. The molecule has 0 bridgehead atoms. The van der Waals surface area contributed by atoms with E-state index in [1.165, 1.54) is 0 Å². The number of nitrogens with one attached hydrogen (secondary N) is 1. The van der Waals surface area contributed by atoms with E-state index in [2.05, 4.69) is 10.1 Å². The van der Waals surface area contributed by atoms with E-state index < -0.39 is 12.8 Å². The standard InChI is InChI=1S/C21H24F3N3O3/c22-21(23,24)15-30-14-17-7-5-16(6-8-17)13-25-20(29)27-11-9-26(10-12-27)18-3-1-2-4-19(18)28/h1-8,28H,9-15H2,(H,25,29). The number of halogens is 3. The quantitative estimate of drug-likeness (QED) is 0.747. The van der Waals surface area contributed by atoms with Crippen LogP contribution < -0.4 is 10.2 Å². The summed E-state index contributed by atoms with van der Waals surface area (Å²) in [4.78, 5) is 16.2. The molecule has 0 atom stereocenters. The minimum Gasteiger partial charge on any atom is -0.506 e. The van der Waals surface area contributed by atoms with Gasteiger partial charge in [0.25, 0.3) is 0 Å². The van der Waals surface area contributed by atoms with Crippen molar-refractivity contribution in [1.82, 2.24) is 10.2 Å². The molecule has 1 heterocycles. The van der Waals surface area contributed by atoms with Crippen LogP contribution in [-0.4, -0.2) is 55.0 Å². The van der Waals surface area contributed by atoms with Gasteiger partial charge in [0.15, 0.2) is 0 Å². The van der Waals surface area contributed by atoms with E-state index in [1.807, 2.05) is 17.0 Å². The van der Waals surface area contributed by atoms with Gasteiger partial charge in [0.1, 0.15) is 12.4 Å². The lowest BCUT2D eigenvalue weighted by Crippen LogP contribution is -2.51. The first-order valence-corrected chi connectivity index (χ1v) is 9.60. The molecule has 0 saturated carbocycles. The van der Waals surface area contributed by atoms with E-state index in [1.54, 1.807) is 41.3 Å².